The standard InChI is InChI=1S/C26H15Cl2N5O2/c27-15-5-9-17(10-6-15)31-25(34)21(13-29)23-19-3-1-2-4-20(19)24(33-23)22(14-30)26(35)32-18-11-7-16(28)8-12-18/h1-12,33H,(H,31,34)(H,32,35)/b23-21-,24-22-. The van der Waals surface area contributed by atoms with E-state index < -0.39 is 11.8 Å². The quantitative estimate of drug-likeness (QED) is 0.391. The highest BCUT2D eigenvalue weighted by molar-refractivity contribution is 6.31. The molecule has 1 heterocycles. The van der Waals surface area contributed by atoms with Crippen LogP contribution >= 0.6 is 23.2 Å². The highest BCUT2D eigenvalue weighted by atomic mass is 35.5. The summed E-state index contributed by atoms with van der Waals surface area (Å²) in [7, 11) is 0. The molecular weight excluding hydrogens is 485 g/mol. The van der Waals surface area contributed by atoms with Crippen LogP contribution in [-0.4, -0.2) is 16.8 Å². The molecule has 3 aromatic carbocycles. The summed E-state index contributed by atoms with van der Waals surface area (Å²) in [5.41, 5.74) is 0.486. The van der Waals surface area contributed by atoms with Crippen LogP contribution in [0.5, 0.6) is 0 Å². The zero-order chi connectivity index (χ0) is 24.9. The van der Waals surface area contributed by atoms with Crippen LogP contribution in [0, 0.1) is 22.7 Å². The van der Waals surface area contributed by atoms with Crippen LogP contribution in [0.3, 0.4) is 0 Å². The van der Waals surface area contributed by atoms with Gasteiger partial charge < -0.3 is 15.6 Å². The summed E-state index contributed by atoms with van der Waals surface area (Å²) in [5.74, 6) is -1.31. The lowest BCUT2D eigenvalue weighted by Crippen LogP contribution is -2.25. The number of nitriles is 2. The number of carbonyl (C=O) groups excluding carboxylic acids is 2. The number of H-pyrrole nitrogens is 1. The van der Waals surface area contributed by atoms with Crippen molar-refractivity contribution in [1.29, 1.82) is 10.5 Å². The maximum Gasteiger partial charge on any atom is 0.268 e. The van der Waals surface area contributed by atoms with Crippen molar-refractivity contribution in [3.63, 3.8) is 0 Å². The summed E-state index contributed by atoms with van der Waals surface area (Å²) >= 11 is 11.8. The monoisotopic (exact) mass is 499 g/mol. The van der Waals surface area contributed by atoms with E-state index in [1.165, 1.54) is 0 Å². The summed E-state index contributed by atoms with van der Waals surface area (Å²) in [6.07, 6.45) is 0. The summed E-state index contributed by atoms with van der Waals surface area (Å²) in [5, 5.41) is 27.4. The number of aromatic nitrogens is 1. The number of nitrogens with zero attached hydrogens (tertiary/aromatic N) is 2. The van der Waals surface area contributed by atoms with Crippen molar-refractivity contribution in [2.45, 2.75) is 0 Å². The number of halogens is 2. The molecule has 9 heteroatoms. The summed E-state index contributed by atoms with van der Waals surface area (Å²) in [6.45, 7) is 0. The van der Waals surface area contributed by atoms with E-state index in [1.807, 2.05) is 12.1 Å². The molecule has 0 bridgehead atoms. The van der Waals surface area contributed by atoms with Crippen LogP contribution in [0.25, 0.3) is 21.9 Å². The van der Waals surface area contributed by atoms with Crippen molar-refractivity contribution in [2.75, 3.05) is 10.6 Å². The first-order valence-electron chi connectivity index (χ1n) is 10.2. The predicted molar refractivity (Wildman–Crippen MR) is 136 cm³/mol. The Morgan fingerprint density at radius 1 is 0.657 bits per heavy atom. The summed E-state index contributed by atoms with van der Waals surface area (Å²) in [6, 6.07) is 23.6. The molecule has 0 aliphatic rings. The first kappa shape index (κ1) is 23.6. The Bertz CT molecular complexity index is 1540. The second-order valence-electron chi connectivity index (χ2n) is 7.32. The molecule has 2 amide bonds. The van der Waals surface area contributed by atoms with Crippen LogP contribution in [0.15, 0.2) is 72.8 Å². The summed E-state index contributed by atoms with van der Waals surface area (Å²) in [4.78, 5) is 28.8. The number of amides is 2. The molecule has 0 spiro atoms. The Morgan fingerprint density at radius 2 is 1.03 bits per heavy atom. The predicted octanol–water partition coefficient (Wildman–Crippen LogP) is 4.10. The van der Waals surface area contributed by atoms with Gasteiger partial charge in [0, 0.05) is 32.2 Å². The number of aromatic amines is 1. The van der Waals surface area contributed by atoms with Gasteiger partial charge in [-0.15, -0.1) is 0 Å². The van der Waals surface area contributed by atoms with E-state index in [1.54, 1.807) is 72.8 Å². The van der Waals surface area contributed by atoms with Crippen molar-refractivity contribution < 1.29 is 9.59 Å². The number of anilines is 2. The first-order valence-corrected chi connectivity index (χ1v) is 11.0. The van der Waals surface area contributed by atoms with Crippen LogP contribution in [0.1, 0.15) is 0 Å². The van der Waals surface area contributed by atoms with Gasteiger partial charge in [0.2, 0.25) is 0 Å². The highest BCUT2D eigenvalue weighted by Crippen LogP contribution is 2.16. The van der Waals surface area contributed by atoms with Gasteiger partial charge in [0.25, 0.3) is 11.8 Å². The molecule has 3 N–H and O–H groups in total. The molecule has 7 nitrogen and oxygen atoms in total. The van der Waals surface area contributed by atoms with Crippen LogP contribution < -0.4 is 21.3 Å². The Hall–Kier alpha value is -4.56. The third-order valence-electron chi connectivity index (χ3n) is 5.10. The van der Waals surface area contributed by atoms with E-state index in [0.717, 1.165) is 0 Å². The van der Waals surface area contributed by atoms with Crippen molar-refractivity contribution in [3.8, 4) is 12.1 Å². The van der Waals surface area contributed by atoms with E-state index in [-0.39, 0.29) is 21.8 Å². The normalized spacial score (nSPS) is 12.2. The highest BCUT2D eigenvalue weighted by Gasteiger charge is 2.18. The maximum absolute atomic E-state index is 12.9. The second kappa shape index (κ2) is 10.1. The molecule has 0 unspecified atom stereocenters. The first-order chi connectivity index (χ1) is 16.9. The third-order valence-corrected chi connectivity index (χ3v) is 5.60. The van der Waals surface area contributed by atoms with E-state index in [0.29, 0.717) is 32.2 Å². The van der Waals surface area contributed by atoms with E-state index >= 15 is 0 Å². The van der Waals surface area contributed by atoms with Gasteiger partial charge >= 0.3 is 0 Å². The Balaban J connectivity index is 1.86. The van der Waals surface area contributed by atoms with E-state index in [4.69, 9.17) is 23.2 Å². The maximum atomic E-state index is 12.9. The number of carbonyl (C=O) groups is 2. The lowest BCUT2D eigenvalue weighted by molar-refractivity contribution is -0.111. The SMILES string of the molecule is N#C/C(C(=O)Nc1ccc(Cl)cc1)=c1/[nH]/c(=C(/C#N)C(=O)Nc2ccc(Cl)cc2)c2ccccc12. The van der Waals surface area contributed by atoms with Crippen LogP contribution in [-0.2, 0) is 9.59 Å². The fraction of sp³-hybridized carbons (Fsp3) is 0. The number of hydrogen-bond donors (Lipinski definition) is 3. The molecule has 4 aromatic rings. The second-order valence-corrected chi connectivity index (χ2v) is 8.19. The van der Waals surface area contributed by atoms with Crippen molar-refractivity contribution in [3.05, 3.63) is 93.5 Å². The molecule has 4 rings (SSSR count). The van der Waals surface area contributed by atoms with Gasteiger partial charge in [-0.1, -0.05) is 47.5 Å². The fourth-order valence-corrected chi connectivity index (χ4v) is 3.72. The van der Waals surface area contributed by atoms with Crippen molar-refractivity contribution >= 4 is 68.3 Å². The average molecular weight is 500 g/mol. The largest absolute Gasteiger partial charge is 0.352 e. The van der Waals surface area contributed by atoms with Crippen molar-refractivity contribution in [1.82, 2.24) is 4.98 Å². The molecule has 1 aromatic heterocycles. The average Bonchev–Trinajstić information content (AvgIpc) is 3.22. The molecule has 0 saturated carbocycles. The topological polar surface area (TPSA) is 122 Å². The zero-order valence-electron chi connectivity index (χ0n) is 17.9. The van der Waals surface area contributed by atoms with Gasteiger partial charge in [-0.05, 0) is 48.5 Å². The number of benzene rings is 3. The van der Waals surface area contributed by atoms with Gasteiger partial charge in [0.1, 0.15) is 23.3 Å². The van der Waals surface area contributed by atoms with E-state index in [2.05, 4.69) is 15.6 Å². The van der Waals surface area contributed by atoms with Gasteiger partial charge in [-0.2, -0.15) is 10.5 Å². The minimum absolute atomic E-state index is 0.191. The number of nitrogens with one attached hydrogen (secondary N) is 3. The number of hydrogen-bond acceptors (Lipinski definition) is 4. The molecule has 0 aliphatic carbocycles. The zero-order valence-corrected chi connectivity index (χ0v) is 19.4. The third kappa shape index (κ3) is 5.02. The molecule has 0 radical (unpaired) electrons. The van der Waals surface area contributed by atoms with Crippen LogP contribution in [0.4, 0.5) is 11.4 Å². The Kier molecular flexibility index (Phi) is 6.84. The van der Waals surface area contributed by atoms with Gasteiger partial charge in [-0.25, -0.2) is 0 Å². The summed E-state index contributed by atoms with van der Waals surface area (Å²) < 4.78 is 0. The smallest absolute Gasteiger partial charge is 0.268 e. The van der Waals surface area contributed by atoms with E-state index in [9.17, 15) is 20.1 Å². The molecular formula is C26H15Cl2N5O2. The number of rotatable bonds is 4. The molecule has 170 valence electrons. The molecule has 0 fully saturated rings. The molecule has 0 atom stereocenters. The van der Waals surface area contributed by atoms with Gasteiger partial charge in [-0.3, -0.25) is 9.59 Å². The Labute approximate surface area is 209 Å². The van der Waals surface area contributed by atoms with Crippen molar-refractivity contribution in [2.24, 2.45) is 0 Å². The fourth-order valence-electron chi connectivity index (χ4n) is 3.47. The lowest BCUT2D eigenvalue weighted by atomic mass is 10.1. The minimum Gasteiger partial charge on any atom is -0.352 e. The molecule has 0 saturated heterocycles. The van der Waals surface area contributed by atoms with Crippen LogP contribution in [0.2, 0.25) is 10.0 Å². The lowest BCUT2D eigenvalue weighted by Gasteiger charge is -2.04. The molecule has 0 aliphatic heterocycles. The van der Waals surface area contributed by atoms with Gasteiger partial charge in [0.05, 0.1) is 10.7 Å². The number of fused-ring (bicyclic) bond motifs is 1. The Morgan fingerprint density at radius 3 is 1.37 bits per heavy atom. The minimum atomic E-state index is -0.655. The molecule has 35 heavy (non-hydrogen) atoms. The van der Waals surface area contributed by atoms with Gasteiger partial charge in [0.15, 0.2) is 0 Å².